The van der Waals surface area contributed by atoms with Gasteiger partial charge in [0.2, 0.25) is 5.91 Å². The average molecular weight is 277 g/mol. The molecule has 0 aromatic heterocycles. The highest BCUT2D eigenvalue weighted by molar-refractivity contribution is 6.01. The third kappa shape index (κ3) is 3.98. The summed E-state index contributed by atoms with van der Waals surface area (Å²) in [6.45, 7) is 4.50. The number of nitrogens with zero attached hydrogens (tertiary/aromatic N) is 2. The van der Waals surface area contributed by atoms with Crippen LogP contribution in [-0.4, -0.2) is 28.9 Å². The summed E-state index contributed by atoms with van der Waals surface area (Å²) in [4.78, 5) is 14.0. The van der Waals surface area contributed by atoms with Crippen molar-refractivity contribution < 1.29 is 10.0 Å². The number of aryl methyl sites for hydroxylation is 1. The highest BCUT2D eigenvalue weighted by Crippen LogP contribution is 2.14. The van der Waals surface area contributed by atoms with Gasteiger partial charge in [-0.15, -0.1) is 0 Å². The first kappa shape index (κ1) is 16.0. The summed E-state index contributed by atoms with van der Waals surface area (Å²) in [6, 6.07) is 7.93. The van der Waals surface area contributed by atoms with E-state index in [-0.39, 0.29) is 11.7 Å². The zero-order valence-electron chi connectivity index (χ0n) is 12.3. The van der Waals surface area contributed by atoms with Crippen LogP contribution in [0.2, 0.25) is 0 Å². The molecule has 1 atom stereocenters. The van der Waals surface area contributed by atoms with Crippen LogP contribution in [0.25, 0.3) is 0 Å². The second kappa shape index (κ2) is 7.53. The van der Waals surface area contributed by atoms with Crippen molar-refractivity contribution in [2.24, 2.45) is 16.8 Å². The van der Waals surface area contributed by atoms with Crippen LogP contribution in [0.15, 0.2) is 29.4 Å². The third-order valence-corrected chi connectivity index (χ3v) is 3.39. The average Bonchev–Trinajstić information content (AvgIpc) is 2.45. The van der Waals surface area contributed by atoms with Crippen molar-refractivity contribution in [2.75, 3.05) is 7.05 Å². The van der Waals surface area contributed by atoms with Crippen LogP contribution in [-0.2, 0) is 11.3 Å². The Kier molecular flexibility index (Phi) is 6.03. The van der Waals surface area contributed by atoms with Gasteiger partial charge >= 0.3 is 0 Å². The summed E-state index contributed by atoms with van der Waals surface area (Å²) < 4.78 is 0. The summed E-state index contributed by atoms with van der Waals surface area (Å²) in [5.74, 6) is -0.696. The van der Waals surface area contributed by atoms with Gasteiger partial charge in [-0.2, -0.15) is 0 Å². The van der Waals surface area contributed by atoms with Gasteiger partial charge in [-0.3, -0.25) is 4.79 Å². The molecule has 0 fully saturated rings. The molecule has 110 valence electrons. The van der Waals surface area contributed by atoms with Crippen LogP contribution in [0.3, 0.4) is 0 Å². The third-order valence-electron chi connectivity index (χ3n) is 3.39. The number of nitrogens with two attached hydrogens (primary N) is 1. The van der Waals surface area contributed by atoms with E-state index in [0.717, 1.165) is 17.5 Å². The Morgan fingerprint density at radius 2 is 2.10 bits per heavy atom. The molecule has 0 saturated heterocycles. The molecule has 0 radical (unpaired) electrons. The lowest BCUT2D eigenvalue weighted by molar-refractivity contribution is -0.132. The van der Waals surface area contributed by atoms with Crippen LogP contribution in [0.4, 0.5) is 0 Å². The molecule has 0 heterocycles. The molecule has 20 heavy (non-hydrogen) atoms. The van der Waals surface area contributed by atoms with E-state index in [9.17, 15) is 4.79 Å². The highest BCUT2D eigenvalue weighted by atomic mass is 16.4. The maximum absolute atomic E-state index is 12.4. The first-order valence-corrected chi connectivity index (χ1v) is 6.78. The Balaban J connectivity index is 2.82. The number of amidine groups is 1. The fourth-order valence-corrected chi connectivity index (χ4v) is 2.14. The largest absolute Gasteiger partial charge is 0.409 e. The number of rotatable bonds is 6. The van der Waals surface area contributed by atoms with Crippen molar-refractivity contribution in [1.29, 1.82) is 0 Å². The van der Waals surface area contributed by atoms with Crippen LogP contribution in [0.1, 0.15) is 30.9 Å². The lowest BCUT2D eigenvalue weighted by atomic mass is 10.0. The second-order valence-corrected chi connectivity index (χ2v) is 4.99. The quantitative estimate of drug-likeness (QED) is 0.362. The molecule has 1 aromatic carbocycles. The Morgan fingerprint density at radius 1 is 1.45 bits per heavy atom. The molecule has 1 unspecified atom stereocenters. The first-order valence-electron chi connectivity index (χ1n) is 6.78. The summed E-state index contributed by atoms with van der Waals surface area (Å²) in [5, 5.41) is 11.8. The molecule has 1 rings (SSSR count). The normalized spacial score (nSPS) is 13.1. The van der Waals surface area contributed by atoms with Crippen molar-refractivity contribution in [3.8, 4) is 0 Å². The fraction of sp³-hybridized carbons (Fsp3) is 0.467. The predicted octanol–water partition coefficient (Wildman–Crippen LogP) is 2.12. The lowest BCUT2D eigenvalue weighted by Crippen LogP contribution is -2.39. The molecule has 1 aromatic rings. The number of oxime groups is 1. The minimum absolute atomic E-state index is 0.0199. The Labute approximate surface area is 120 Å². The van der Waals surface area contributed by atoms with Gasteiger partial charge in [-0.1, -0.05) is 42.8 Å². The number of carbonyl (C=O) groups is 1. The lowest BCUT2D eigenvalue weighted by Gasteiger charge is -2.23. The van der Waals surface area contributed by atoms with Gasteiger partial charge in [0.1, 0.15) is 0 Å². The molecule has 0 spiro atoms. The molecular formula is C15H23N3O2. The maximum atomic E-state index is 12.4. The molecule has 1 amide bonds. The molecule has 0 aliphatic heterocycles. The number of amides is 1. The van der Waals surface area contributed by atoms with Gasteiger partial charge in [0.05, 0.1) is 5.92 Å². The maximum Gasteiger partial charge on any atom is 0.233 e. The Morgan fingerprint density at radius 3 is 2.65 bits per heavy atom. The SMILES string of the molecule is CCCC(C(=O)N(C)Cc1ccccc1C)C(N)=NO. The second-order valence-electron chi connectivity index (χ2n) is 4.99. The molecule has 0 saturated carbocycles. The predicted molar refractivity (Wildman–Crippen MR) is 79.5 cm³/mol. The van der Waals surface area contributed by atoms with Gasteiger partial charge in [-0.25, -0.2) is 0 Å². The summed E-state index contributed by atoms with van der Waals surface area (Å²) in [7, 11) is 1.74. The van der Waals surface area contributed by atoms with Crippen molar-refractivity contribution in [3.63, 3.8) is 0 Å². The van der Waals surface area contributed by atoms with Gasteiger partial charge in [0, 0.05) is 13.6 Å². The van der Waals surface area contributed by atoms with E-state index in [4.69, 9.17) is 10.9 Å². The van der Waals surface area contributed by atoms with Crippen LogP contribution < -0.4 is 5.73 Å². The monoisotopic (exact) mass is 277 g/mol. The molecule has 0 aliphatic carbocycles. The molecule has 5 nitrogen and oxygen atoms in total. The Hall–Kier alpha value is -2.04. The smallest absolute Gasteiger partial charge is 0.233 e. The van der Waals surface area contributed by atoms with Crippen molar-refractivity contribution in [1.82, 2.24) is 4.90 Å². The molecule has 5 heteroatoms. The van der Waals surface area contributed by atoms with Gasteiger partial charge in [0.25, 0.3) is 0 Å². The van der Waals surface area contributed by atoms with E-state index in [1.807, 2.05) is 38.1 Å². The zero-order valence-corrected chi connectivity index (χ0v) is 12.3. The summed E-state index contributed by atoms with van der Waals surface area (Å²) in [5.41, 5.74) is 7.85. The molecule has 0 bridgehead atoms. The highest BCUT2D eigenvalue weighted by Gasteiger charge is 2.25. The standard InChI is InChI=1S/C15H23N3O2/c1-4-7-13(14(16)17-20)15(19)18(3)10-12-9-6-5-8-11(12)2/h5-6,8-9,13,20H,4,7,10H2,1-3H3,(H2,16,17). The van der Waals surface area contributed by atoms with E-state index < -0.39 is 5.92 Å². The molecule has 0 aliphatic rings. The number of hydrogen-bond donors (Lipinski definition) is 2. The van der Waals surface area contributed by atoms with Crippen LogP contribution in [0.5, 0.6) is 0 Å². The number of hydrogen-bond acceptors (Lipinski definition) is 3. The van der Waals surface area contributed by atoms with Crippen molar-refractivity contribution >= 4 is 11.7 Å². The van der Waals surface area contributed by atoms with E-state index in [2.05, 4.69) is 5.16 Å². The molecular weight excluding hydrogens is 254 g/mol. The van der Waals surface area contributed by atoms with Gasteiger partial charge in [0.15, 0.2) is 5.84 Å². The fourth-order valence-electron chi connectivity index (χ4n) is 2.14. The topological polar surface area (TPSA) is 78.9 Å². The van der Waals surface area contributed by atoms with E-state index in [0.29, 0.717) is 13.0 Å². The van der Waals surface area contributed by atoms with Crippen LogP contribution >= 0.6 is 0 Å². The van der Waals surface area contributed by atoms with E-state index in [1.165, 1.54) is 0 Å². The minimum atomic E-state index is -0.556. The Bertz CT molecular complexity index is 486. The zero-order chi connectivity index (χ0) is 15.1. The summed E-state index contributed by atoms with van der Waals surface area (Å²) in [6.07, 6.45) is 1.37. The summed E-state index contributed by atoms with van der Waals surface area (Å²) >= 11 is 0. The van der Waals surface area contributed by atoms with Gasteiger partial charge in [-0.05, 0) is 24.5 Å². The van der Waals surface area contributed by atoms with Crippen LogP contribution in [0, 0.1) is 12.8 Å². The number of benzene rings is 1. The van der Waals surface area contributed by atoms with Gasteiger partial charge < -0.3 is 15.8 Å². The van der Waals surface area contributed by atoms with E-state index >= 15 is 0 Å². The molecule has 3 N–H and O–H groups in total. The number of carbonyl (C=O) groups excluding carboxylic acids is 1. The van der Waals surface area contributed by atoms with E-state index in [1.54, 1.807) is 11.9 Å². The first-order chi connectivity index (χ1) is 9.51. The minimum Gasteiger partial charge on any atom is -0.409 e. The van der Waals surface area contributed by atoms with Crippen molar-refractivity contribution in [2.45, 2.75) is 33.2 Å². The van der Waals surface area contributed by atoms with Crippen molar-refractivity contribution in [3.05, 3.63) is 35.4 Å².